The van der Waals surface area contributed by atoms with Gasteiger partial charge in [-0.2, -0.15) is 13.2 Å². The molecule has 0 atom stereocenters. The van der Waals surface area contributed by atoms with Gasteiger partial charge in [-0.15, -0.1) is 0 Å². The van der Waals surface area contributed by atoms with Gasteiger partial charge in [0.2, 0.25) is 0 Å². The maximum Gasteiger partial charge on any atom is 0.416 e. The molecule has 0 saturated carbocycles. The first-order chi connectivity index (χ1) is 29.3. The molecule has 0 aliphatic carbocycles. The number of aromatic nitrogens is 5. The van der Waals surface area contributed by atoms with Crippen molar-refractivity contribution in [3.05, 3.63) is 199 Å². The van der Waals surface area contributed by atoms with Crippen LogP contribution in [0.4, 0.5) is 13.2 Å². The Morgan fingerprint density at radius 2 is 0.850 bits per heavy atom. The Hall–Kier alpha value is -7.71. The van der Waals surface area contributed by atoms with Crippen LogP contribution in [0.5, 0.6) is 0 Å². The topological polar surface area (TPSA) is 56.5 Å². The molecule has 3 heterocycles. The minimum absolute atomic E-state index is 0.405. The van der Waals surface area contributed by atoms with Gasteiger partial charge in [0.1, 0.15) is 0 Å². The Morgan fingerprint density at radius 3 is 1.37 bits per heavy atom. The molecule has 0 unspecified atom stereocenters. The van der Waals surface area contributed by atoms with Crippen LogP contribution in [0, 0.1) is 6.92 Å². The largest absolute Gasteiger partial charge is 0.416 e. The standard InChI is InChI=1S/C52H34F3N5/c1-33-22-25-40-41-26-24-39(52(53,54)55)30-49(41)60(48(40)28-33)47-27-23-38(46-32-43(34-14-6-2-7-15-34)56-50(57-46)37-20-12-5-13-21-37)29-42(47)51-58-44(35-16-8-3-9-17-35)31-45(59-51)36-18-10-4-11-19-36/h2-32H,1H3. The number of alkyl halides is 3. The van der Waals surface area contributed by atoms with Crippen molar-refractivity contribution in [3.8, 4) is 73.5 Å². The van der Waals surface area contributed by atoms with E-state index in [1.807, 2.05) is 181 Å². The van der Waals surface area contributed by atoms with Crippen LogP contribution in [-0.4, -0.2) is 24.5 Å². The zero-order valence-electron chi connectivity index (χ0n) is 32.3. The molecule has 10 rings (SSSR count). The zero-order valence-corrected chi connectivity index (χ0v) is 32.3. The van der Waals surface area contributed by atoms with Gasteiger partial charge >= 0.3 is 6.18 Å². The number of nitrogens with zero attached hydrogens (tertiary/aromatic N) is 5. The van der Waals surface area contributed by atoms with Gasteiger partial charge in [-0.1, -0.05) is 146 Å². The second kappa shape index (κ2) is 14.9. The van der Waals surface area contributed by atoms with Gasteiger partial charge in [-0.3, -0.25) is 0 Å². The fourth-order valence-electron chi connectivity index (χ4n) is 7.78. The third-order valence-electron chi connectivity index (χ3n) is 10.7. The SMILES string of the molecule is Cc1ccc2c3ccc(C(F)(F)F)cc3n(-c3ccc(-c4cc(-c5ccccc5)nc(-c5ccccc5)n4)cc3-c3nc(-c4ccccc4)cc(-c4ccccc4)n3)c2c1. The fraction of sp³-hybridized carbons (Fsp3) is 0.0385. The van der Waals surface area contributed by atoms with Crippen molar-refractivity contribution in [2.24, 2.45) is 0 Å². The van der Waals surface area contributed by atoms with Gasteiger partial charge in [0.05, 0.1) is 45.1 Å². The van der Waals surface area contributed by atoms with Gasteiger partial charge in [-0.05, 0) is 55.0 Å². The number of aryl methyl sites for hydroxylation is 1. The predicted molar refractivity (Wildman–Crippen MR) is 234 cm³/mol. The highest BCUT2D eigenvalue weighted by atomic mass is 19.4. The van der Waals surface area contributed by atoms with Crippen molar-refractivity contribution in [3.63, 3.8) is 0 Å². The number of hydrogen-bond acceptors (Lipinski definition) is 4. The number of halogens is 3. The lowest BCUT2D eigenvalue weighted by Gasteiger charge is -2.17. The molecule has 0 saturated heterocycles. The van der Waals surface area contributed by atoms with Crippen LogP contribution >= 0.6 is 0 Å². The van der Waals surface area contributed by atoms with E-state index in [0.29, 0.717) is 50.9 Å². The van der Waals surface area contributed by atoms with E-state index >= 15 is 0 Å². The highest BCUT2D eigenvalue weighted by Crippen LogP contribution is 2.41. The minimum atomic E-state index is -4.55. The Labute approximate surface area is 344 Å². The molecule has 10 aromatic rings. The Bertz CT molecular complexity index is 3070. The van der Waals surface area contributed by atoms with Crippen molar-refractivity contribution < 1.29 is 13.2 Å². The summed E-state index contributed by atoms with van der Waals surface area (Å²) in [5, 5.41) is 1.53. The minimum Gasteiger partial charge on any atom is -0.308 e. The summed E-state index contributed by atoms with van der Waals surface area (Å²) in [6, 6.07) is 59.4. The lowest BCUT2D eigenvalue weighted by molar-refractivity contribution is -0.137. The summed E-state index contributed by atoms with van der Waals surface area (Å²) < 4.78 is 45.2. The Balaban J connectivity index is 1.29. The smallest absolute Gasteiger partial charge is 0.308 e. The summed E-state index contributed by atoms with van der Waals surface area (Å²) in [4.78, 5) is 20.6. The maximum absolute atomic E-state index is 14.4. The highest BCUT2D eigenvalue weighted by Gasteiger charge is 2.31. The van der Waals surface area contributed by atoms with Crippen molar-refractivity contribution in [1.29, 1.82) is 0 Å². The molecule has 7 aromatic carbocycles. The van der Waals surface area contributed by atoms with Gasteiger partial charge in [-0.25, -0.2) is 19.9 Å². The van der Waals surface area contributed by atoms with E-state index in [4.69, 9.17) is 19.9 Å². The van der Waals surface area contributed by atoms with E-state index in [0.717, 1.165) is 56.0 Å². The van der Waals surface area contributed by atoms with Crippen LogP contribution < -0.4 is 0 Å². The lowest BCUT2D eigenvalue weighted by atomic mass is 10.0. The molecule has 60 heavy (non-hydrogen) atoms. The highest BCUT2D eigenvalue weighted by molar-refractivity contribution is 6.10. The van der Waals surface area contributed by atoms with Crippen LogP contribution in [-0.2, 0) is 6.18 Å². The summed E-state index contributed by atoms with van der Waals surface area (Å²) in [5.74, 6) is 0.964. The third kappa shape index (κ3) is 6.88. The molecular weight excluding hydrogens is 752 g/mol. The van der Waals surface area contributed by atoms with E-state index in [2.05, 4.69) is 0 Å². The first-order valence-electron chi connectivity index (χ1n) is 19.5. The van der Waals surface area contributed by atoms with Crippen LogP contribution in [0.1, 0.15) is 11.1 Å². The number of rotatable bonds is 7. The van der Waals surface area contributed by atoms with E-state index in [-0.39, 0.29) is 0 Å². The van der Waals surface area contributed by atoms with Gasteiger partial charge < -0.3 is 4.57 Å². The molecule has 0 aliphatic rings. The van der Waals surface area contributed by atoms with Crippen molar-refractivity contribution >= 4 is 21.8 Å². The van der Waals surface area contributed by atoms with Crippen molar-refractivity contribution in [2.45, 2.75) is 13.1 Å². The van der Waals surface area contributed by atoms with Crippen LogP contribution in [0.2, 0.25) is 0 Å². The molecule has 0 aliphatic heterocycles. The molecule has 288 valence electrons. The van der Waals surface area contributed by atoms with E-state index in [9.17, 15) is 13.2 Å². The average molecular weight is 786 g/mol. The molecule has 0 spiro atoms. The van der Waals surface area contributed by atoms with Crippen LogP contribution in [0.25, 0.3) is 95.3 Å². The van der Waals surface area contributed by atoms with E-state index in [1.54, 1.807) is 6.07 Å². The molecule has 0 bridgehead atoms. The molecule has 0 fully saturated rings. The summed E-state index contributed by atoms with van der Waals surface area (Å²) in [6.07, 6.45) is -4.55. The second-order valence-electron chi connectivity index (χ2n) is 14.7. The monoisotopic (exact) mass is 785 g/mol. The zero-order chi connectivity index (χ0) is 40.8. The molecule has 5 nitrogen and oxygen atoms in total. The van der Waals surface area contributed by atoms with Crippen molar-refractivity contribution in [2.75, 3.05) is 0 Å². The van der Waals surface area contributed by atoms with Gasteiger partial charge in [0.15, 0.2) is 11.6 Å². The molecular formula is C52H34F3N5. The van der Waals surface area contributed by atoms with E-state index < -0.39 is 11.7 Å². The average Bonchev–Trinajstić information content (AvgIpc) is 3.62. The molecule has 8 heteroatoms. The van der Waals surface area contributed by atoms with E-state index in [1.165, 1.54) is 6.07 Å². The fourth-order valence-corrected chi connectivity index (χ4v) is 7.78. The molecule has 3 aromatic heterocycles. The van der Waals surface area contributed by atoms with Crippen LogP contribution in [0.3, 0.4) is 0 Å². The van der Waals surface area contributed by atoms with Crippen molar-refractivity contribution in [1.82, 2.24) is 24.5 Å². The quantitative estimate of drug-likeness (QED) is 0.161. The molecule has 0 amide bonds. The molecule has 0 N–H and O–H groups in total. The predicted octanol–water partition coefficient (Wildman–Crippen LogP) is 13.7. The van der Waals surface area contributed by atoms with Gasteiger partial charge in [0.25, 0.3) is 0 Å². The Kier molecular flexibility index (Phi) is 9.10. The number of fused-ring (bicyclic) bond motifs is 3. The summed E-state index contributed by atoms with van der Waals surface area (Å²) >= 11 is 0. The summed E-state index contributed by atoms with van der Waals surface area (Å²) in [7, 11) is 0. The summed E-state index contributed by atoms with van der Waals surface area (Å²) in [6.45, 7) is 1.98. The van der Waals surface area contributed by atoms with Gasteiger partial charge in [0, 0.05) is 44.2 Å². The summed E-state index contributed by atoms with van der Waals surface area (Å²) in [5.41, 5.74) is 9.81. The number of hydrogen-bond donors (Lipinski definition) is 0. The first-order valence-corrected chi connectivity index (χ1v) is 19.5. The lowest BCUT2D eigenvalue weighted by Crippen LogP contribution is -2.06. The second-order valence-corrected chi connectivity index (χ2v) is 14.7. The third-order valence-corrected chi connectivity index (χ3v) is 10.7. The maximum atomic E-state index is 14.4. The number of benzene rings is 7. The molecule has 0 radical (unpaired) electrons. The Morgan fingerprint density at radius 1 is 0.400 bits per heavy atom. The first kappa shape index (κ1) is 36.6. The normalized spacial score (nSPS) is 11.7. The van der Waals surface area contributed by atoms with Crippen LogP contribution in [0.15, 0.2) is 188 Å².